The average Bonchev–Trinajstić information content (AvgIpc) is 3.32. The number of fused-ring (bicyclic) bond motifs is 1. The number of carbonyl (C=O) groups excluding carboxylic acids is 2. The molecule has 0 N–H and O–H groups in total. The minimum Gasteiger partial charge on any atom is -0.488 e. The molecule has 1 aliphatic heterocycles. The van der Waals surface area contributed by atoms with Crippen LogP contribution in [0.3, 0.4) is 0 Å². The van der Waals surface area contributed by atoms with Crippen molar-refractivity contribution in [3.05, 3.63) is 87.4 Å². The number of hydrogen-bond acceptors (Lipinski definition) is 4. The van der Waals surface area contributed by atoms with Gasteiger partial charge in [0, 0.05) is 23.5 Å². The lowest BCUT2D eigenvalue weighted by Crippen LogP contribution is -2.48. The van der Waals surface area contributed by atoms with Gasteiger partial charge in [0.25, 0.3) is 5.91 Å². The van der Waals surface area contributed by atoms with Crippen LogP contribution in [0.25, 0.3) is 0 Å². The summed E-state index contributed by atoms with van der Waals surface area (Å²) in [5, 5.41) is 2.01. The van der Waals surface area contributed by atoms with E-state index < -0.39 is 5.82 Å². The zero-order chi connectivity index (χ0) is 24.1. The van der Waals surface area contributed by atoms with E-state index in [1.54, 1.807) is 45.4 Å². The van der Waals surface area contributed by atoms with Crippen LogP contribution in [0.5, 0.6) is 5.75 Å². The lowest BCUT2D eigenvalue weighted by Gasteiger charge is -2.37. The fourth-order valence-corrected chi connectivity index (χ4v) is 5.27. The summed E-state index contributed by atoms with van der Waals surface area (Å²) >= 11 is 1.66. The molecule has 0 unspecified atom stereocenters. The Morgan fingerprint density at radius 3 is 2.76 bits per heavy atom. The van der Waals surface area contributed by atoms with E-state index in [1.807, 2.05) is 43.5 Å². The van der Waals surface area contributed by atoms with Gasteiger partial charge in [0.2, 0.25) is 5.91 Å². The van der Waals surface area contributed by atoms with Crippen molar-refractivity contribution in [1.29, 1.82) is 0 Å². The summed E-state index contributed by atoms with van der Waals surface area (Å²) in [6, 6.07) is 15.4. The van der Waals surface area contributed by atoms with Crippen molar-refractivity contribution in [1.82, 2.24) is 9.80 Å². The standard InChI is InChI=1S/C27H29FN2O3S/c1-3-13-29(27(32)20-8-6-7-19(2)16-20)17-26(31)30-14-11-25-21(12-15-34-25)23(30)18-33-24-10-5-4-9-22(24)28/h4-10,12,15-16,23H,3,11,13-14,17-18H2,1-2H3/t23-/m0/s1. The Morgan fingerprint density at radius 2 is 2.00 bits per heavy atom. The first kappa shape index (κ1) is 24.0. The summed E-state index contributed by atoms with van der Waals surface area (Å²) in [6.45, 7) is 5.11. The van der Waals surface area contributed by atoms with Crippen molar-refractivity contribution in [3.63, 3.8) is 0 Å². The molecule has 0 aliphatic carbocycles. The molecule has 1 atom stereocenters. The first-order valence-corrected chi connectivity index (χ1v) is 12.4. The number of ether oxygens (including phenoxy) is 1. The van der Waals surface area contributed by atoms with E-state index in [1.165, 1.54) is 10.9 Å². The minimum atomic E-state index is -0.431. The van der Waals surface area contributed by atoms with Gasteiger partial charge in [0.1, 0.15) is 13.2 Å². The lowest BCUT2D eigenvalue weighted by molar-refractivity contribution is -0.135. The fourth-order valence-electron chi connectivity index (χ4n) is 4.34. The number of benzene rings is 2. The van der Waals surface area contributed by atoms with Crippen LogP contribution in [0.4, 0.5) is 4.39 Å². The Hall–Kier alpha value is -3.19. The molecule has 0 radical (unpaired) electrons. The molecule has 2 aromatic carbocycles. The van der Waals surface area contributed by atoms with Crippen LogP contribution in [0, 0.1) is 12.7 Å². The van der Waals surface area contributed by atoms with E-state index in [9.17, 15) is 14.0 Å². The normalized spacial score (nSPS) is 15.0. The zero-order valence-corrected chi connectivity index (χ0v) is 20.3. The first-order valence-electron chi connectivity index (χ1n) is 11.6. The second-order valence-electron chi connectivity index (χ2n) is 8.49. The van der Waals surface area contributed by atoms with Crippen LogP contribution in [-0.4, -0.2) is 47.9 Å². The molecule has 0 bridgehead atoms. The van der Waals surface area contributed by atoms with E-state index in [0.29, 0.717) is 18.7 Å². The molecule has 0 fully saturated rings. The van der Waals surface area contributed by atoms with Crippen LogP contribution in [0.15, 0.2) is 60.0 Å². The fraction of sp³-hybridized carbons (Fsp3) is 0.333. The third kappa shape index (κ3) is 5.30. The third-order valence-corrected chi connectivity index (χ3v) is 7.02. The Bertz CT molecular complexity index is 1160. The molecule has 2 amide bonds. The van der Waals surface area contributed by atoms with Crippen LogP contribution in [0.2, 0.25) is 0 Å². The maximum absolute atomic E-state index is 14.1. The predicted octanol–water partition coefficient (Wildman–Crippen LogP) is 5.25. The summed E-state index contributed by atoms with van der Waals surface area (Å²) in [6.07, 6.45) is 1.51. The van der Waals surface area contributed by atoms with Gasteiger partial charge in [-0.25, -0.2) is 4.39 Å². The summed E-state index contributed by atoms with van der Waals surface area (Å²) in [4.78, 5) is 31.3. The van der Waals surface area contributed by atoms with Gasteiger partial charge in [-0.15, -0.1) is 11.3 Å². The number of halogens is 1. The molecule has 0 saturated carbocycles. The van der Waals surface area contributed by atoms with Crippen LogP contribution in [0.1, 0.15) is 45.7 Å². The molecule has 7 heteroatoms. The van der Waals surface area contributed by atoms with Gasteiger partial charge in [-0.05, 0) is 61.0 Å². The molecule has 0 saturated heterocycles. The molecule has 0 spiro atoms. The highest BCUT2D eigenvalue weighted by atomic mass is 32.1. The molecule has 5 nitrogen and oxygen atoms in total. The number of rotatable bonds is 8. The minimum absolute atomic E-state index is 0.00369. The molecule has 1 aliphatic rings. The second kappa shape index (κ2) is 10.8. The molecule has 1 aromatic heterocycles. The van der Waals surface area contributed by atoms with Gasteiger partial charge >= 0.3 is 0 Å². The van der Waals surface area contributed by atoms with Gasteiger partial charge < -0.3 is 14.5 Å². The van der Waals surface area contributed by atoms with Crippen molar-refractivity contribution in [3.8, 4) is 5.75 Å². The second-order valence-corrected chi connectivity index (χ2v) is 9.49. The van der Waals surface area contributed by atoms with E-state index in [-0.39, 0.29) is 36.8 Å². The summed E-state index contributed by atoms with van der Waals surface area (Å²) in [5.74, 6) is -0.543. The molecular formula is C27H29FN2O3S. The topological polar surface area (TPSA) is 49.9 Å². The largest absolute Gasteiger partial charge is 0.488 e. The number of amides is 2. The third-order valence-electron chi connectivity index (χ3n) is 6.02. The first-order chi connectivity index (χ1) is 16.5. The van der Waals surface area contributed by atoms with Crippen molar-refractivity contribution < 1.29 is 18.7 Å². The van der Waals surface area contributed by atoms with Crippen LogP contribution >= 0.6 is 11.3 Å². The molecular weight excluding hydrogens is 451 g/mol. The van der Waals surface area contributed by atoms with Gasteiger partial charge in [0.05, 0.1) is 6.04 Å². The zero-order valence-electron chi connectivity index (χ0n) is 19.5. The SMILES string of the molecule is CCCN(CC(=O)N1CCc2sccc2[C@@H]1COc1ccccc1F)C(=O)c1cccc(C)c1. The highest BCUT2D eigenvalue weighted by molar-refractivity contribution is 7.10. The number of aryl methyl sites for hydroxylation is 1. The summed E-state index contributed by atoms with van der Waals surface area (Å²) < 4.78 is 19.9. The predicted molar refractivity (Wildman–Crippen MR) is 132 cm³/mol. The Labute approximate surface area is 203 Å². The van der Waals surface area contributed by atoms with Gasteiger partial charge in [-0.2, -0.15) is 0 Å². The smallest absolute Gasteiger partial charge is 0.254 e. The quantitative estimate of drug-likeness (QED) is 0.442. The van der Waals surface area contributed by atoms with E-state index in [2.05, 4.69) is 0 Å². The number of thiophene rings is 1. The molecule has 178 valence electrons. The van der Waals surface area contributed by atoms with Crippen molar-refractivity contribution in [2.45, 2.75) is 32.7 Å². The van der Waals surface area contributed by atoms with Gasteiger partial charge in [-0.1, -0.05) is 36.8 Å². The monoisotopic (exact) mass is 480 g/mol. The van der Waals surface area contributed by atoms with Crippen LogP contribution in [-0.2, 0) is 11.2 Å². The summed E-state index contributed by atoms with van der Waals surface area (Å²) in [7, 11) is 0. The number of hydrogen-bond donors (Lipinski definition) is 0. The van der Waals surface area contributed by atoms with Gasteiger partial charge in [0.15, 0.2) is 11.6 Å². The van der Waals surface area contributed by atoms with Gasteiger partial charge in [-0.3, -0.25) is 9.59 Å². The maximum Gasteiger partial charge on any atom is 0.254 e. The Morgan fingerprint density at radius 1 is 1.18 bits per heavy atom. The molecule has 4 rings (SSSR count). The molecule has 2 heterocycles. The van der Waals surface area contributed by atoms with E-state index >= 15 is 0 Å². The number of carbonyl (C=O) groups is 2. The average molecular weight is 481 g/mol. The van der Waals surface area contributed by atoms with Crippen LogP contribution < -0.4 is 4.74 Å². The lowest BCUT2D eigenvalue weighted by atomic mass is 10.00. The maximum atomic E-state index is 14.1. The summed E-state index contributed by atoms with van der Waals surface area (Å²) in [5.41, 5.74) is 2.62. The van der Waals surface area contributed by atoms with E-state index in [0.717, 1.165) is 24.0 Å². The highest BCUT2D eigenvalue weighted by Crippen LogP contribution is 2.34. The van der Waals surface area contributed by atoms with Crippen molar-refractivity contribution >= 4 is 23.2 Å². The Kier molecular flexibility index (Phi) is 7.63. The van der Waals surface area contributed by atoms with E-state index in [4.69, 9.17) is 4.74 Å². The highest BCUT2D eigenvalue weighted by Gasteiger charge is 2.33. The number of para-hydroxylation sites is 1. The number of nitrogens with zero attached hydrogens (tertiary/aromatic N) is 2. The van der Waals surface area contributed by atoms with Crippen molar-refractivity contribution in [2.24, 2.45) is 0 Å². The molecule has 3 aromatic rings. The molecule has 34 heavy (non-hydrogen) atoms. The Balaban J connectivity index is 1.53. The van der Waals surface area contributed by atoms with Crippen molar-refractivity contribution in [2.75, 3.05) is 26.2 Å².